The van der Waals surface area contributed by atoms with Gasteiger partial charge in [0.2, 0.25) is 0 Å². The van der Waals surface area contributed by atoms with Gasteiger partial charge in [-0.25, -0.2) is 4.39 Å². The summed E-state index contributed by atoms with van der Waals surface area (Å²) >= 11 is 0. The second-order valence-corrected chi connectivity index (χ2v) is 7.94. The molecule has 0 unspecified atom stereocenters. The highest BCUT2D eigenvalue weighted by Crippen LogP contribution is 2.10. The average Bonchev–Trinajstić information content (AvgIpc) is 2.97. The quantitative estimate of drug-likeness (QED) is 0.321. The van der Waals surface area contributed by atoms with Gasteiger partial charge < -0.3 is 15.5 Å². The van der Waals surface area contributed by atoms with Crippen molar-refractivity contribution >= 4 is 29.9 Å². The summed E-state index contributed by atoms with van der Waals surface area (Å²) in [5, 5.41) is 6.58. The smallest absolute Gasteiger partial charge is 0.191 e. The summed E-state index contributed by atoms with van der Waals surface area (Å²) in [4.78, 5) is 9.21. The molecule has 1 aliphatic rings. The molecular formula is C24H35FIN5. The number of halogens is 2. The number of guanidine groups is 1. The summed E-state index contributed by atoms with van der Waals surface area (Å²) in [6.07, 6.45) is 1.86. The van der Waals surface area contributed by atoms with Crippen molar-refractivity contribution in [2.45, 2.75) is 25.9 Å². The van der Waals surface area contributed by atoms with Crippen LogP contribution in [0.4, 0.5) is 4.39 Å². The molecule has 1 saturated heterocycles. The molecule has 2 N–H and O–H groups in total. The number of hydrogen-bond donors (Lipinski definition) is 2. The molecule has 170 valence electrons. The average molecular weight is 539 g/mol. The fraction of sp³-hybridized carbons (Fsp3) is 0.458. The van der Waals surface area contributed by atoms with Crippen LogP contribution in [0.15, 0.2) is 53.5 Å². The van der Waals surface area contributed by atoms with Gasteiger partial charge in [0, 0.05) is 39.8 Å². The Hall–Kier alpha value is -1.71. The first kappa shape index (κ1) is 25.5. The molecule has 0 saturated carbocycles. The van der Waals surface area contributed by atoms with E-state index in [1.807, 2.05) is 12.1 Å². The van der Waals surface area contributed by atoms with Crippen LogP contribution in [-0.4, -0.2) is 62.6 Å². The van der Waals surface area contributed by atoms with E-state index >= 15 is 0 Å². The summed E-state index contributed by atoms with van der Waals surface area (Å²) in [6, 6.07) is 15.7. The summed E-state index contributed by atoms with van der Waals surface area (Å²) in [7, 11) is 3.95. The number of hydrogen-bond acceptors (Lipinski definition) is 3. The van der Waals surface area contributed by atoms with Gasteiger partial charge in [-0.05, 0) is 55.7 Å². The summed E-state index contributed by atoms with van der Waals surface area (Å²) < 4.78 is 13.7. The van der Waals surface area contributed by atoms with Crippen LogP contribution in [0.25, 0.3) is 0 Å². The summed E-state index contributed by atoms with van der Waals surface area (Å²) in [5.41, 5.74) is 3.29. The zero-order chi connectivity index (χ0) is 21.2. The van der Waals surface area contributed by atoms with Crippen molar-refractivity contribution in [2.75, 3.05) is 46.8 Å². The monoisotopic (exact) mass is 539 g/mol. The molecule has 3 rings (SSSR count). The zero-order valence-corrected chi connectivity index (χ0v) is 20.9. The SMILES string of the molecule is CN=C(NCCc1ccccc1F)NCc1ccc(CN2CCCN(C)CC2)cc1.I. The molecule has 1 fully saturated rings. The minimum atomic E-state index is -0.158. The third kappa shape index (κ3) is 8.74. The van der Waals surface area contributed by atoms with Crippen LogP contribution in [0.5, 0.6) is 0 Å². The molecule has 1 aliphatic heterocycles. The zero-order valence-electron chi connectivity index (χ0n) is 18.6. The maximum atomic E-state index is 13.7. The van der Waals surface area contributed by atoms with Gasteiger partial charge in [0.15, 0.2) is 5.96 Å². The summed E-state index contributed by atoms with van der Waals surface area (Å²) in [5.74, 6) is 0.568. The fourth-order valence-corrected chi connectivity index (χ4v) is 3.70. The Balaban J connectivity index is 0.00000341. The lowest BCUT2D eigenvalue weighted by Gasteiger charge is -2.20. The van der Waals surface area contributed by atoms with Crippen LogP contribution in [-0.2, 0) is 19.5 Å². The van der Waals surface area contributed by atoms with E-state index in [9.17, 15) is 4.39 Å². The molecule has 2 aromatic carbocycles. The molecule has 31 heavy (non-hydrogen) atoms. The van der Waals surface area contributed by atoms with Crippen molar-refractivity contribution < 1.29 is 4.39 Å². The van der Waals surface area contributed by atoms with E-state index < -0.39 is 0 Å². The predicted octanol–water partition coefficient (Wildman–Crippen LogP) is 3.49. The van der Waals surface area contributed by atoms with E-state index in [1.54, 1.807) is 13.1 Å². The largest absolute Gasteiger partial charge is 0.356 e. The Morgan fingerprint density at radius 3 is 2.45 bits per heavy atom. The molecule has 0 aliphatic carbocycles. The lowest BCUT2D eigenvalue weighted by molar-refractivity contribution is 0.269. The first-order valence-corrected chi connectivity index (χ1v) is 10.8. The van der Waals surface area contributed by atoms with Crippen molar-refractivity contribution in [3.05, 3.63) is 71.0 Å². The minimum Gasteiger partial charge on any atom is -0.356 e. The molecule has 7 heteroatoms. The van der Waals surface area contributed by atoms with Crippen molar-refractivity contribution in [3.63, 3.8) is 0 Å². The molecular weight excluding hydrogens is 504 g/mol. The van der Waals surface area contributed by atoms with Crippen LogP contribution < -0.4 is 10.6 Å². The summed E-state index contributed by atoms with van der Waals surface area (Å²) in [6.45, 7) is 6.98. The third-order valence-corrected chi connectivity index (χ3v) is 5.57. The molecule has 0 atom stereocenters. The van der Waals surface area contributed by atoms with Gasteiger partial charge in [0.1, 0.15) is 5.82 Å². The van der Waals surface area contributed by atoms with Crippen LogP contribution in [0.1, 0.15) is 23.1 Å². The molecule has 0 spiro atoms. The van der Waals surface area contributed by atoms with Crippen LogP contribution in [0.3, 0.4) is 0 Å². The molecule has 5 nitrogen and oxygen atoms in total. The van der Waals surface area contributed by atoms with Gasteiger partial charge in [0.05, 0.1) is 0 Å². The Morgan fingerprint density at radius 2 is 1.71 bits per heavy atom. The normalized spacial score (nSPS) is 15.8. The highest BCUT2D eigenvalue weighted by molar-refractivity contribution is 14.0. The van der Waals surface area contributed by atoms with E-state index in [2.05, 4.69) is 56.7 Å². The number of rotatable bonds is 7. The van der Waals surface area contributed by atoms with Gasteiger partial charge in [-0.1, -0.05) is 42.5 Å². The van der Waals surface area contributed by atoms with E-state index in [1.165, 1.54) is 36.7 Å². The first-order chi connectivity index (χ1) is 14.6. The first-order valence-electron chi connectivity index (χ1n) is 10.8. The van der Waals surface area contributed by atoms with Crippen molar-refractivity contribution in [1.82, 2.24) is 20.4 Å². The van der Waals surface area contributed by atoms with Gasteiger partial charge in [-0.2, -0.15) is 0 Å². The van der Waals surface area contributed by atoms with Gasteiger partial charge in [0.25, 0.3) is 0 Å². The van der Waals surface area contributed by atoms with Gasteiger partial charge in [-0.3, -0.25) is 9.89 Å². The lowest BCUT2D eigenvalue weighted by atomic mass is 10.1. The van der Waals surface area contributed by atoms with Crippen molar-refractivity contribution in [2.24, 2.45) is 4.99 Å². The number of nitrogens with zero attached hydrogens (tertiary/aromatic N) is 3. The second kappa shape index (κ2) is 13.6. The van der Waals surface area contributed by atoms with Crippen LogP contribution in [0.2, 0.25) is 0 Å². The second-order valence-electron chi connectivity index (χ2n) is 7.94. The fourth-order valence-electron chi connectivity index (χ4n) is 3.70. The topological polar surface area (TPSA) is 42.9 Å². The van der Waals surface area contributed by atoms with Crippen molar-refractivity contribution in [1.29, 1.82) is 0 Å². The molecule has 0 bridgehead atoms. The number of nitrogens with one attached hydrogen (secondary N) is 2. The number of aliphatic imine (C=N–C) groups is 1. The lowest BCUT2D eigenvalue weighted by Crippen LogP contribution is -2.37. The standard InChI is InChI=1S/C24H34FN5.HI/c1-26-24(27-13-12-22-6-3-4-7-23(22)25)28-18-20-8-10-21(11-9-20)19-30-15-5-14-29(2)16-17-30;/h3-4,6-11H,5,12-19H2,1-2H3,(H2,26,27,28);1H. The van der Waals surface area contributed by atoms with Crippen molar-refractivity contribution in [3.8, 4) is 0 Å². The van der Waals surface area contributed by atoms with E-state index in [0.29, 0.717) is 25.1 Å². The maximum Gasteiger partial charge on any atom is 0.191 e. The predicted molar refractivity (Wildman–Crippen MR) is 138 cm³/mol. The van der Waals surface area contributed by atoms with E-state index in [0.717, 1.165) is 25.6 Å². The molecule has 2 aromatic rings. The Bertz CT molecular complexity index is 812. The highest BCUT2D eigenvalue weighted by Gasteiger charge is 2.12. The maximum absolute atomic E-state index is 13.7. The van der Waals surface area contributed by atoms with E-state index in [-0.39, 0.29) is 29.8 Å². The molecule has 0 amide bonds. The Labute approximate surface area is 203 Å². The van der Waals surface area contributed by atoms with Gasteiger partial charge in [-0.15, -0.1) is 24.0 Å². The van der Waals surface area contributed by atoms with Crippen LogP contribution >= 0.6 is 24.0 Å². The molecule has 0 aromatic heterocycles. The third-order valence-electron chi connectivity index (χ3n) is 5.57. The number of likely N-dealkylation sites (N-methyl/N-ethyl adjacent to an activating group) is 1. The van der Waals surface area contributed by atoms with Gasteiger partial charge >= 0.3 is 0 Å². The van der Waals surface area contributed by atoms with E-state index in [4.69, 9.17) is 0 Å². The van der Waals surface area contributed by atoms with Crippen LogP contribution in [0, 0.1) is 5.82 Å². The minimum absolute atomic E-state index is 0. The number of benzene rings is 2. The molecule has 0 radical (unpaired) electrons. The highest BCUT2D eigenvalue weighted by atomic mass is 127. The Kier molecular flexibility index (Phi) is 11.2. The Morgan fingerprint density at radius 1 is 0.968 bits per heavy atom. The molecule has 1 heterocycles.